The molecule has 0 aliphatic carbocycles. The molecule has 0 amide bonds. The third-order valence-electron chi connectivity index (χ3n) is 5.21. The van der Waals surface area contributed by atoms with E-state index >= 15 is 0 Å². The number of rotatable bonds is 10. The van der Waals surface area contributed by atoms with Gasteiger partial charge in [0.1, 0.15) is 37.9 Å². The number of hydrogen-bond donors (Lipinski definition) is 1. The van der Waals surface area contributed by atoms with Crippen LogP contribution in [0.25, 0.3) is 11.0 Å². The van der Waals surface area contributed by atoms with Crippen LogP contribution in [-0.4, -0.2) is 72.6 Å². The van der Waals surface area contributed by atoms with Crippen molar-refractivity contribution in [3.63, 3.8) is 0 Å². The quantitative estimate of drug-likeness (QED) is 0.368. The molecule has 8 nitrogen and oxygen atoms in total. The van der Waals surface area contributed by atoms with Gasteiger partial charge in [0, 0.05) is 6.20 Å². The number of fused-ring (bicyclic) bond motifs is 1. The third kappa shape index (κ3) is 8.05. The highest BCUT2D eigenvalue weighted by molar-refractivity contribution is 6.79. The first kappa shape index (κ1) is 28.7. The third-order valence-corrected chi connectivity index (χ3v) is 9.18. The van der Waals surface area contributed by atoms with Gasteiger partial charge in [-0.25, -0.2) is 9.97 Å². The summed E-state index contributed by atoms with van der Waals surface area (Å²) < 4.78 is 28.7. The average molecular weight is 555 g/mol. The first-order valence-corrected chi connectivity index (χ1v) is 26.3. The molecule has 0 aromatic carbocycles. The Bertz CT molecular complexity index is 1010. The van der Waals surface area contributed by atoms with Crippen LogP contribution in [-0.2, 0) is 18.0 Å². The van der Waals surface area contributed by atoms with E-state index in [-0.39, 0.29) is 24.5 Å². The van der Waals surface area contributed by atoms with Crippen molar-refractivity contribution < 1.29 is 18.0 Å². The van der Waals surface area contributed by atoms with Gasteiger partial charge in [0.2, 0.25) is 0 Å². The van der Waals surface area contributed by atoms with Gasteiger partial charge in [0.05, 0.1) is 18.5 Å². The van der Waals surface area contributed by atoms with Crippen molar-refractivity contribution in [1.29, 1.82) is 0 Å². The smallest absolute Gasteiger partial charge is 0.184 e. The normalized spacial score (nSPS) is 24.3. The molecule has 1 aliphatic rings. The van der Waals surface area contributed by atoms with Crippen LogP contribution >= 0.6 is 0 Å². The molecule has 0 spiro atoms. The topological polar surface area (TPSA) is 79.7 Å². The Kier molecular flexibility index (Phi) is 8.30. The number of ether oxygens (including phenoxy) is 1. The van der Waals surface area contributed by atoms with Gasteiger partial charge >= 0.3 is 0 Å². The molecule has 0 saturated carbocycles. The minimum absolute atomic E-state index is 0.200. The Balaban J connectivity index is 2.05. The van der Waals surface area contributed by atoms with Gasteiger partial charge in [-0.2, -0.15) is 0 Å². The Morgan fingerprint density at radius 1 is 0.857 bits per heavy atom. The van der Waals surface area contributed by atoms with Gasteiger partial charge in [0.15, 0.2) is 31.2 Å². The summed E-state index contributed by atoms with van der Waals surface area (Å²) in [7, 11) is -7.14. The van der Waals surface area contributed by atoms with Crippen LogP contribution in [0.2, 0.25) is 78.6 Å². The van der Waals surface area contributed by atoms with Gasteiger partial charge in [-0.15, -0.1) is 0 Å². The van der Waals surface area contributed by atoms with Gasteiger partial charge in [-0.1, -0.05) is 19.6 Å². The van der Waals surface area contributed by atoms with E-state index in [9.17, 15) is 0 Å². The lowest BCUT2D eigenvalue weighted by atomic mass is 10.1. The molecule has 12 heteroatoms. The van der Waals surface area contributed by atoms with Gasteiger partial charge in [0.25, 0.3) is 0 Å². The summed E-state index contributed by atoms with van der Waals surface area (Å²) in [5.41, 5.74) is 1.84. The van der Waals surface area contributed by atoms with Gasteiger partial charge in [-0.3, -0.25) is 0 Å². The molecule has 198 valence electrons. The lowest BCUT2D eigenvalue weighted by Gasteiger charge is -2.34. The van der Waals surface area contributed by atoms with Crippen molar-refractivity contribution in [1.82, 2.24) is 14.5 Å². The predicted molar refractivity (Wildman–Crippen MR) is 154 cm³/mol. The number of aromatic nitrogens is 3. The molecule has 1 aliphatic heterocycles. The zero-order valence-corrected chi connectivity index (χ0v) is 27.7. The van der Waals surface area contributed by atoms with Crippen molar-refractivity contribution in [2.45, 2.75) is 103 Å². The average Bonchev–Trinajstić information content (AvgIpc) is 3.19. The maximum absolute atomic E-state index is 6.81. The highest BCUT2D eigenvalue weighted by Crippen LogP contribution is 2.39. The van der Waals surface area contributed by atoms with E-state index < -0.39 is 33.2 Å². The maximum atomic E-state index is 6.81. The molecule has 0 bridgehead atoms. The molecule has 35 heavy (non-hydrogen) atoms. The summed E-state index contributed by atoms with van der Waals surface area (Å²) >= 11 is 0. The van der Waals surface area contributed by atoms with Crippen molar-refractivity contribution in [3.8, 4) is 0 Å². The van der Waals surface area contributed by atoms with Crippen LogP contribution < -0.4 is 4.98 Å². The molecule has 2 aromatic heterocycles. The summed E-state index contributed by atoms with van der Waals surface area (Å²) in [6.07, 6.45) is 2.69. The lowest BCUT2D eigenvalue weighted by molar-refractivity contribution is -0.0454. The van der Waals surface area contributed by atoms with Crippen LogP contribution in [0.15, 0.2) is 18.6 Å². The first-order chi connectivity index (χ1) is 15.8. The van der Waals surface area contributed by atoms with Crippen LogP contribution in [0.5, 0.6) is 0 Å². The Hall–Kier alpha value is -0.872. The SMILES string of the molecule is C[Si](C)(C)Nc1nccc2c1ncn2[C@@H]1O[C@H](CO[Si](C)(C)C)[C@@H](O[Si](C)(C)C)[C@H]1O[Si](C)(C)C. The van der Waals surface area contributed by atoms with Crippen molar-refractivity contribution in [2.24, 2.45) is 0 Å². The minimum Gasteiger partial charge on any atom is -0.415 e. The number of nitrogens with zero attached hydrogens (tertiary/aromatic N) is 3. The highest BCUT2D eigenvalue weighted by atomic mass is 28.4. The van der Waals surface area contributed by atoms with Crippen molar-refractivity contribution >= 4 is 50.0 Å². The minimum atomic E-state index is -1.92. The molecule has 0 radical (unpaired) electrons. The monoisotopic (exact) mass is 554 g/mol. The van der Waals surface area contributed by atoms with Crippen LogP contribution in [0.3, 0.4) is 0 Å². The van der Waals surface area contributed by atoms with E-state index in [2.05, 4.69) is 93.1 Å². The Labute approximate surface area is 215 Å². The summed E-state index contributed by atoms with van der Waals surface area (Å²) in [5.74, 6) is 0.828. The number of pyridine rings is 1. The number of hydrogen-bond acceptors (Lipinski definition) is 7. The molecule has 0 unspecified atom stereocenters. The number of imidazole rings is 1. The van der Waals surface area contributed by atoms with Crippen LogP contribution in [0.1, 0.15) is 6.23 Å². The van der Waals surface area contributed by atoms with Gasteiger partial charge in [-0.05, 0) is 65.0 Å². The van der Waals surface area contributed by atoms with Crippen LogP contribution in [0, 0.1) is 0 Å². The first-order valence-electron chi connectivity index (χ1n) is 12.6. The summed E-state index contributed by atoms with van der Waals surface area (Å²) in [5, 5.41) is 0. The van der Waals surface area contributed by atoms with Gasteiger partial charge < -0.3 is 27.6 Å². The molecule has 2 aromatic rings. The second-order valence-corrected chi connectivity index (χ2v) is 31.6. The fourth-order valence-corrected chi connectivity index (χ4v) is 7.82. The number of anilines is 1. The maximum Gasteiger partial charge on any atom is 0.184 e. The zero-order chi connectivity index (χ0) is 26.4. The van der Waals surface area contributed by atoms with E-state index in [0.717, 1.165) is 16.9 Å². The fraction of sp³-hybridized carbons (Fsp3) is 0.739. The van der Waals surface area contributed by atoms with E-state index in [4.69, 9.17) is 23.0 Å². The summed E-state index contributed by atoms with van der Waals surface area (Å²) in [4.78, 5) is 13.0. The molecule has 1 saturated heterocycles. The Morgan fingerprint density at radius 2 is 1.46 bits per heavy atom. The fourth-order valence-electron chi connectivity index (χ4n) is 4.09. The molecule has 3 heterocycles. The second-order valence-electron chi connectivity index (χ2n) is 13.4. The van der Waals surface area contributed by atoms with Crippen molar-refractivity contribution in [2.75, 3.05) is 11.6 Å². The van der Waals surface area contributed by atoms with E-state index in [1.165, 1.54) is 0 Å². The van der Waals surface area contributed by atoms with E-state index in [1.54, 1.807) is 0 Å². The summed E-state index contributed by atoms with van der Waals surface area (Å²) in [6.45, 7) is 27.2. The molecule has 3 rings (SSSR count). The van der Waals surface area contributed by atoms with Crippen LogP contribution in [0.4, 0.5) is 5.82 Å². The largest absolute Gasteiger partial charge is 0.415 e. The predicted octanol–water partition coefficient (Wildman–Crippen LogP) is 5.87. The molecule has 1 fully saturated rings. The van der Waals surface area contributed by atoms with E-state index in [1.807, 2.05) is 18.6 Å². The molecule has 1 N–H and O–H groups in total. The highest BCUT2D eigenvalue weighted by Gasteiger charge is 2.50. The Morgan fingerprint density at radius 3 is 2.00 bits per heavy atom. The second kappa shape index (κ2) is 10.1. The van der Waals surface area contributed by atoms with E-state index in [0.29, 0.717) is 6.61 Å². The standard InChI is InChI=1S/C23H46N4O4Si4/c1-32(2,3)26-22-19-17(13-14-24-22)27(16-25-19)23-21(31-35(10,11)12)20(30-34(7,8)9)18(29-23)15-28-33(4,5)6/h13-14,16,18,20-21,23H,15H2,1-12H3,(H,24,26)/t18-,20-,21-,23-/m1/s1. The summed E-state index contributed by atoms with van der Waals surface area (Å²) in [6, 6.07) is 2.01. The lowest BCUT2D eigenvalue weighted by Crippen LogP contribution is -2.48. The van der Waals surface area contributed by atoms with Crippen molar-refractivity contribution in [3.05, 3.63) is 18.6 Å². The molecule has 4 atom stereocenters. The zero-order valence-electron chi connectivity index (χ0n) is 23.7. The molecular formula is C23H46N4O4Si4. The number of nitrogens with one attached hydrogen (secondary N) is 1. The molecular weight excluding hydrogens is 509 g/mol.